The smallest absolute Gasteiger partial charge is 0.307 e. The van der Waals surface area contributed by atoms with Crippen LogP contribution in [0.15, 0.2) is 18.2 Å². The molecule has 19 heavy (non-hydrogen) atoms. The van der Waals surface area contributed by atoms with Crippen LogP contribution < -0.4 is 5.32 Å². The van der Waals surface area contributed by atoms with Gasteiger partial charge in [-0.05, 0) is 25.2 Å². The van der Waals surface area contributed by atoms with E-state index in [1.165, 1.54) is 0 Å². The van der Waals surface area contributed by atoms with Crippen LogP contribution in [0, 0.1) is 30.6 Å². The molecule has 4 unspecified atom stereocenters. The molecule has 4 atom stereocenters. The second-order valence-corrected chi connectivity index (χ2v) is 5.26. The van der Waals surface area contributed by atoms with Crippen molar-refractivity contribution in [1.82, 2.24) is 10.2 Å². The van der Waals surface area contributed by atoms with Crippen molar-refractivity contribution in [3.63, 3.8) is 0 Å². The Hall–Kier alpha value is -2.11. The van der Waals surface area contributed by atoms with Crippen molar-refractivity contribution in [2.75, 3.05) is 5.32 Å². The van der Waals surface area contributed by atoms with Gasteiger partial charge in [0.1, 0.15) is 0 Å². The molecule has 1 fully saturated rings. The Labute approximate surface area is 109 Å². The third-order valence-electron chi connectivity index (χ3n) is 4.00. The zero-order chi connectivity index (χ0) is 13.6. The van der Waals surface area contributed by atoms with Gasteiger partial charge >= 0.3 is 5.97 Å². The number of aromatic amines is 1. The van der Waals surface area contributed by atoms with E-state index >= 15 is 0 Å². The molecular formula is C13H15N3O3. The summed E-state index contributed by atoms with van der Waals surface area (Å²) < 4.78 is 0. The zero-order valence-corrected chi connectivity index (χ0v) is 10.5. The summed E-state index contributed by atoms with van der Waals surface area (Å²) >= 11 is 0. The standard InChI is InChI=1S/C13H15N3O3/c1-6-4-9(16-15-6)14-12(17)10-7-2-3-8(5-7)11(10)13(18)19/h2-4,7-8,10-11H,5H2,1H3,(H,18,19)(H2,14,15,16,17). The number of aromatic nitrogens is 2. The van der Waals surface area contributed by atoms with Crippen LogP contribution in [0.3, 0.4) is 0 Å². The second kappa shape index (κ2) is 4.22. The van der Waals surface area contributed by atoms with Crippen LogP contribution in [-0.2, 0) is 9.59 Å². The number of carboxylic acids is 1. The van der Waals surface area contributed by atoms with Gasteiger partial charge < -0.3 is 10.4 Å². The highest BCUT2D eigenvalue weighted by atomic mass is 16.4. The molecule has 100 valence electrons. The quantitative estimate of drug-likeness (QED) is 0.712. The summed E-state index contributed by atoms with van der Waals surface area (Å²) in [6.45, 7) is 1.84. The number of hydrogen-bond donors (Lipinski definition) is 3. The SMILES string of the molecule is Cc1cc(NC(=O)C2C3C=CC(C3)C2C(=O)O)n[nH]1. The highest BCUT2D eigenvalue weighted by molar-refractivity contribution is 5.95. The summed E-state index contributed by atoms with van der Waals surface area (Å²) in [6.07, 6.45) is 4.64. The summed E-state index contributed by atoms with van der Waals surface area (Å²) in [7, 11) is 0. The van der Waals surface area contributed by atoms with E-state index in [1.54, 1.807) is 6.07 Å². The third kappa shape index (κ3) is 1.93. The minimum absolute atomic E-state index is 0.0147. The molecule has 0 saturated heterocycles. The predicted octanol–water partition coefficient (Wildman–Crippen LogP) is 1.18. The Morgan fingerprint density at radius 3 is 2.63 bits per heavy atom. The first-order chi connectivity index (χ1) is 9.06. The number of allylic oxidation sites excluding steroid dienone is 2. The number of hydrogen-bond acceptors (Lipinski definition) is 3. The van der Waals surface area contributed by atoms with E-state index in [-0.39, 0.29) is 17.7 Å². The van der Waals surface area contributed by atoms with E-state index in [0.29, 0.717) is 5.82 Å². The molecule has 0 aromatic carbocycles. The van der Waals surface area contributed by atoms with Crippen molar-refractivity contribution in [3.8, 4) is 0 Å². The molecule has 3 N–H and O–H groups in total. The minimum atomic E-state index is -0.893. The summed E-state index contributed by atoms with van der Waals surface area (Å²) in [5.41, 5.74) is 0.845. The van der Waals surface area contributed by atoms with E-state index in [9.17, 15) is 14.7 Å². The number of aryl methyl sites for hydroxylation is 1. The van der Waals surface area contributed by atoms with E-state index in [2.05, 4.69) is 15.5 Å². The monoisotopic (exact) mass is 261 g/mol. The molecule has 1 heterocycles. The maximum Gasteiger partial charge on any atom is 0.307 e. The molecule has 0 aliphatic heterocycles. The Morgan fingerprint density at radius 1 is 1.37 bits per heavy atom. The Kier molecular flexibility index (Phi) is 2.66. The van der Waals surface area contributed by atoms with Crippen LogP contribution in [0.1, 0.15) is 12.1 Å². The van der Waals surface area contributed by atoms with Gasteiger partial charge in [-0.2, -0.15) is 5.10 Å². The number of fused-ring (bicyclic) bond motifs is 2. The lowest BCUT2D eigenvalue weighted by molar-refractivity contribution is -0.146. The molecule has 2 bridgehead atoms. The van der Waals surface area contributed by atoms with E-state index in [4.69, 9.17) is 0 Å². The lowest BCUT2D eigenvalue weighted by atomic mass is 9.82. The molecular weight excluding hydrogens is 246 g/mol. The highest BCUT2D eigenvalue weighted by Gasteiger charge is 2.51. The van der Waals surface area contributed by atoms with Crippen LogP contribution in [0.5, 0.6) is 0 Å². The van der Waals surface area contributed by atoms with Gasteiger partial charge in [-0.1, -0.05) is 12.2 Å². The van der Waals surface area contributed by atoms with Crippen LogP contribution in [-0.4, -0.2) is 27.2 Å². The largest absolute Gasteiger partial charge is 0.481 e. The fourth-order valence-corrected chi connectivity index (χ4v) is 3.21. The van der Waals surface area contributed by atoms with Crippen molar-refractivity contribution in [1.29, 1.82) is 0 Å². The molecule has 2 aliphatic rings. The fraction of sp³-hybridized carbons (Fsp3) is 0.462. The molecule has 1 aromatic heterocycles. The Morgan fingerprint density at radius 2 is 2.05 bits per heavy atom. The summed E-state index contributed by atoms with van der Waals surface area (Å²) in [4.78, 5) is 23.6. The molecule has 1 saturated carbocycles. The van der Waals surface area contributed by atoms with Crippen molar-refractivity contribution in [3.05, 3.63) is 23.9 Å². The molecule has 1 aromatic rings. The van der Waals surface area contributed by atoms with Gasteiger partial charge in [-0.25, -0.2) is 0 Å². The maximum atomic E-state index is 12.3. The normalized spacial score (nSPS) is 31.6. The molecule has 2 aliphatic carbocycles. The lowest BCUT2D eigenvalue weighted by Crippen LogP contribution is -2.36. The topological polar surface area (TPSA) is 95.1 Å². The number of anilines is 1. The van der Waals surface area contributed by atoms with Gasteiger partial charge in [-0.15, -0.1) is 0 Å². The number of amides is 1. The van der Waals surface area contributed by atoms with Gasteiger partial charge in [0.25, 0.3) is 0 Å². The van der Waals surface area contributed by atoms with Crippen LogP contribution in [0.2, 0.25) is 0 Å². The van der Waals surface area contributed by atoms with Crippen LogP contribution in [0.25, 0.3) is 0 Å². The third-order valence-corrected chi connectivity index (χ3v) is 4.00. The average molecular weight is 261 g/mol. The molecule has 1 amide bonds. The molecule has 0 radical (unpaired) electrons. The first-order valence-electron chi connectivity index (χ1n) is 6.30. The maximum absolute atomic E-state index is 12.3. The Bertz CT molecular complexity index is 563. The fourth-order valence-electron chi connectivity index (χ4n) is 3.21. The second-order valence-electron chi connectivity index (χ2n) is 5.26. The first kappa shape index (κ1) is 12.0. The number of aliphatic carboxylic acids is 1. The molecule has 6 nitrogen and oxygen atoms in total. The Balaban J connectivity index is 1.79. The predicted molar refractivity (Wildman–Crippen MR) is 67.3 cm³/mol. The van der Waals surface area contributed by atoms with Crippen LogP contribution in [0.4, 0.5) is 5.82 Å². The summed E-state index contributed by atoms with van der Waals surface area (Å²) in [6, 6.07) is 1.72. The summed E-state index contributed by atoms with van der Waals surface area (Å²) in [5, 5.41) is 18.7. The van der Waals surface area contributed by atoms with Crippen molar-refractivity contribution < 1.29 is 14.7 Å². The highest BCUT2D eigenvalue weighted by Crippen LogP contribution is 2.48. The zero-order valence-electron chi connectivity index (χ0n) is 10.5. The van der Waals surface area contributed by atoms with Crippen molar-refractivity contribution >= 4 is 17.7 Å². The molecule has 3 rings (SSSR count). The number of carboxylic acid groups (broad SMARTS) is 1. The van der Waals surface area contributed by atoms with Gasteiger partial charge in [0, 0.05) is 11.8 Å². The van der Waals surface area contributed by atoms with E-state index in [1.807, 2.05) is 19.1 Å². The van der Waals surface area contributed by atoms with Gasteiger partial charge in [0.15, 0.2) is 5.82 Å². The number of carbonyl (C=O) groups excluding carboxylic acids is 1. The molecule has 6 heteroatoms. The van der Waals surface area contributed by atoms with Gasteiger partial charge in [-0.3, -0.25) is 14.7 Å². The number of nitrogens with zero attached hydrogens (tertiary/aromatic N) is 1. The van der Waals surface area contributed by atoms with E-state index < -0.39 is 17.8 Å². The number of H-pyrrole nitrogens is 1. The number of carbonyl (C=O) groups is 2. The van der Waals surface area contributed by atoms with Gasteiger partial charge in [0.05, 0.1) is 11.8 Å². The minimum Gasteiger partial charge on any atom is -0.481 e. The summed E-state index contributed by atoms with van der Waals surface area (Å²) in [5.74, 6) is -1.80. The molecule has 0 spiro atoms. The van der Waals surface area contributed by atoms with Crippen molar-refractivity contribution in [2.45, 2.75) is 13.3 Å². The van der Waals surface area contributed by atoms with E-state index in [0.717, 1.165) is 12.1 Å². The first-order valence-corrected chi connectivity index (χ1v) is 6.30. The lowest BCUT2D eigenvalue weighted by Gasteiger charge is -2.23. The number of nitrogens with one attached hydrogen (secondary N) is 2. The van der Waals surface area contributed by atoms with Crippen LogP contribution >= 0.6 is 0 Å². The number of rotatable bonds is 3. The van der Waals surface area contributed by atoms with Crippen molar-refractivity contribution in [2.24, 2.45) is 23.7 Å². The average Bonchev–Trinajstić information content (AvgIpc) is 3.03. The van der Waals surface area contributed by atoms with Gasteiger partial charge in [0.2, 0.25) is 5.91 Å².